The molecule has 1 unspecified atom stereocenters. The second kappa shape index (κ2) is 5.79. The average molecular weight is 272 g/mol. The van der Waals surface area contributed by atoms with Crippen LogP contribution in [0, 0.1) is 24.0 Å². The number of nitro groups is 1. The molecule has 2 rings (SSSR count). The van der Waals surface area contributed by atoms with Crippen LogP contribution >= 0.6 is 0 Å². The van der Waals surface area contributed by atoms with Crippen LogP contribution in [-0.4, -0.2) is 15.0 Å². The third kappa shape index (κ3) is 3.39. The molecule has 5 heteroatoms. The molecule has 0 aliphatic rings. The Bertz CT molecular complexity index is 603. The normalized spacial score (nSPS) is 12.2. The Labute approximate surface area is 117 Å². The van der Waals surface area contributed by atoms with Crippen molar-refractivity contribution in [2.45, 2.75) is 26.4 Å². The molecule has 0 spiro atoms. The molecule has 5 nitrogen and oxygen atoms in total. The van der Waals surface area contributed by atoms with Crippen molar-refractivity contribution in [3.8, 4) is 0 Å². The molecule has 0 bridgehead atoms. The summed E-state index contributed by atoms with van der Waals surface area (Å²) in [6.07, 6.45) is -0.329. The number of nitrogens with zero attached hydrogens (tertiary/aromatic N) is 2. The highest BCUT2D eigenvalue weighted by molar-refractivity contribution is 5.34. The molecule has 0 fully saturated rings. The fourth-order valence-corrected chi connectivity index (χ4v) is 2.16. The molecule has 1 N–H and O–H groups in total. The van der Waals surface area contributed by atoms with E-state index >= 15 is 0 Å². The Morgan fingerprint density at radius 2 is 1.90 bits per heavy atom. The summed E-state index contributed by atoms with van der Waals surface area (Å²) in [7, 11) is 0. The molecule has 0 saturated heterocycles. The lowest BCUT2D eigenvalue weighted by Crippen LogP contribution is -2.04. The smallest absolute Gasteiger partial charge is 0.269 e. The van der Waals surface area contributed by atoms with E-state index in [-0.39, 0.29) is 5.69 Å². The predicted molar refractivity (Wildman–Crippen MR) is 75.5 cm³/mol. The second-order valence-corrected chi connectivity index (χ2v) is 4.85. The lowest BCUT2D eigenvalue weighted by molar-refractivity contribution is -0.384. The number of aromatic nitrogens is 1. The first-order chi connectivity index (χ1) is 9.45. The Morgan fingerprint density at radius 1 is 1.25 bits per heavy atom. The zero-order valence-electron chi connectivity index (χ0n) is 11.4. The van der Waals surface area contributed by atoms with Gasteiger partial charge in [-0.15, -0.1) is 0 Å². The number of pyridine rings is 1. The molecular formula is C15H16N2O3. The van der Waals surface area contributed by atoms with Gasteiger partial charge in [-0.25, -0.2) is 0 Å². The van der Waals surface area contributed by atoms with E-state index in [9.17, 15) is 15.2 Å². The number of aliphatic hydroxyl groups excluding tert-OH is 1. The lowest BCUT2D eigenvalue weighted by atomic mass is 10.0. The van der Waals surface area contributed by atoms with Crippen molar-refractivity contribution in [3.05, 3.63) is 69.0 Å². The van der Waals surface area contributed by atoms with Gasteiger partial charge in [0.1, 0.15) is 0 Å². The van der Waals surface area contributed by atoms with Crippen LogP contribution in [0.2, 0.25) is 0 Å². The maximum absolute atomic E-state index is 10.6. The largest absolute Gasteiger partial charge is 0.388 e. The minimum Gasteiger partial charge on any atom is -0.388 e. The summed E-state index contributed by atoms with van der Waals surface area (Å²) in [6.45, 7) is 3.89. The Morgan fingerprint density at radius 3 is 2.45 bits per heavy atom. The lowest BCUT2D eigenvalue weighted by Gasteiger charge is -2.11. The van der Waals surface area contributed by atoms with Gasteiger partial charge >= 0.3 is 0 Å². The van der Waals surface area contributed by atoms with Crippen LogP contribution in [0.25, 0.3) is 0 Å². The summed E-state index contributed by atoms with van der Waals surface area (Å²) in [6, 6.07) is 9.85. The maximum Gasteiger partial charge on any atom is 0.269 e. The number of aliphatic hydroxyl groups is 1. The monoisotopic (exact) mass is 272 g/mol. The molecule has 0 aliphatic carbocycles. The van der Waals surface area contributed by atoms with Gasteiger partial charge in [-0.2, -0.15) is 0 Å². The summed E-state index contributed by atoms with van der Waals surface area (Å²) < 4.78 is 0. The second-order valence-electron chi connectivity index (χ2n) is 4.85. The van der Waals surface area contributed by atoms with Crippen LogP contribution in [0.5, 0.6) is 0 Å². The number of benzene rings is 1. The summed E-state index contributed by atoms with van der Waals surface area (Å²) in [4.78, 5) is 14.5. The molecule has 2 aromatic rings. The van der Waals surface area contributed by atoms with E-state index in [0.29, 0.717) is 12.0 Å². The SMILES string of the molecule is Cc1cc(C)nc(CC(O)c2ccc([N+](=O)[O-])cc2)c1. The van der Waals surface area contributed by atoms with E-state index in [0.717, 1.165) is 17.0 Å². The van der Waals surface area contributed by atoms with E-state index in [2.05, 4.69) is 4.98 Å². The van der Waals surface area contributed by atoms with Crippen LogP contribution in [-0.2, 0) is 6.42 Å². The van der Waals surface area contributed by atoms with Gasteiger partial charge in [0, 0.05) is 29.9 Å². The molecule has 20 heavy (non-hydrogen) atoms. The highest BCUT2D eigenvalue weighted by atomic mass is 16.6. The zero-order valence-corrected chi connectivity index (χ0v) is 11.4. The number of nitro benzene ring substituents is 1. The first kappa shape index (κ1) is 14.1. The Hall–Kier alpha value is -2.27. The van der Waals surface area contributed by atoms with Crippen LogP contribution in [0.15, 0.2) is 36.4 Å². The van der Waals surface area contributed by atoms with Crippen molar-refractivity contribution in [2.75, 3.05) is 0 Å². The molecule has 1 aromatic heterocycles. The van der Waals surface area contributed by atoms with E-state index in [1.165, 1.54) is 12.1 Å². The van der Waals surface area contributed by atoms with Gasteiger partial charge in [0.2, 0.25) is 0 Å². The van der Waals surface area contributed by atoms with Crippen LogP contribution in [0.1, 0.15) is 28.6 Å². The summed E-state index contributed by atoms with van der Waals surface area (Å²) in [5.74, 6) is 0. The van der Waals surface area contributed by atoms with Crippen molar-refractivity contribution in [3.63, 3.8) is 0 Å². The van der Waals surface area contributed by atoms with E-state index < -0.39 is 11.0 Å². The zero-order chi connectivity index (χ0) is 14.7. The van der Waals surface area contributed by atoms with Gasteiger partial charge in [-0.05, 0) is 49.2 Å². The fraction of sp³-hybridized carbons (Fsp3) is 0.267. The first-order valence-corrected chi connectivity index (χ1v) is 6.32. The van der Waals surface area contributed by atoms with Gasteiger partial charge < -0.3 is 5.11 Å². The average Bonchev–Trinajstić information content (AvgIpc) is 2.37. The van der Waals surface area contributed by atoms with E-state index in [1.807, 2.05) is 26.0 Å². The minimum atomic E-state index is -0.718. The Balaban J connectivity index is 2.14. The molecule has 0 aliphatic heterocycles. The summed E-state index contributed by atoms with van der Waals surface area (Å²) >= 11 is 0. The van der Waals surface area contributed by atoms with Crippen LogP contribution < -0.4 is 0 Å². The van der Waals surface area contributed by atoms with Crippen molar-refractivity contribution >= 4 is 5.69 Å². The fourth-order valence-electron chi connectivity index (χ4n) is 2.16. The number of aryl methyl sites for hydroxylation is 2. The van der Waals surface area contributed by atoms with Crippen molar-refractivity contribution in [1.29, 1.82) is 0 Å². The first-order valence-electron chi connectivity index (χ1n) is 6.32. The molecule has 0 saturated carbocycles. The van der Waals surface area contributed by atoms with E-state index in [4.69, 9.17) is 0 Å². The van der Waals surface area contributed by atoms with Gasteiger partial charge in [0.25, 0.3) is 5.69 Å². The standard InChI is InChI=1S/C15H16N2O3/c1-10-7-11(2)16-13(8-10)9-15(18)12-3-5-14(6-4-12)17(19)20/h3-8,15,18H,9H2,1-2H3. The topological polar surface area (TPSA) is 76.3 Å². The van der Waals surface area contributed by atoms with Crippen molar-refractivity contribution < 1.29 is 10.0 Å². The van der Waals surface area contributed by atoms with Crippen molar-refractivity contribution in [2.24, 2.45) is 0 Å². The van der Waals surface area contributed by atoms with Crippen LogP contribution in [0.3, 0.4) is 0 Å². The van der Waals surface area contributed by atoms with Gasteiger partial charge in [0.05, 0.1) is 11.0 Å². The molecule has 0 radical (unpaired) electrons. The van der Waals surface area contributed by atoms with Crippen LogP contribution in [0.4, 0.5) is 5.69 Å². The molecule has 1 atom stereocenters. The van der Waals surface area contributed by atoms with Gasteiger partial charge in [-0.3, -0.25) is 15.1 Å². The third-order valence-electron chi connectivity index (χ3n) is 3.04. The molecular weight excluding hydrogens is 256 g/mol. The molecule has 104 valence electrons. The highest BCUT2D eigenvalue weighted by Gasteiger charge is 2.12. The summed E-state index contributed by atoms with van der Waals surface area (Å²) in [5.41, 5.74) is 3.50. The molecule has 0 amide bonds. The molecule has 1 aromatic carbocycles. The third-order valence-corrected chi connectivity index (χ3v) is 3.04. The molecule has 1 heterocycles. The Kier molecular flexibility index (Phi) is 4.10. The number of rotatable bonds is 4. The maximum atomic E-state index is 10.6. The number of hydrogen-bond donors (Lipinski definition) is 1. The number of hydrogen-bond acceptors (Lipinski definition) is 4. The van der Waals surface area contributed by atoms with Gasteiger partial charge in [-0.1, -0.05) is 0 Å². The van der Waals surface area contributed by atoms with Gasteiger partial charge in [0.15, 0.2) is 0 Å². The minimum absolute atomic E-state index is 0.0190. The number of non-ortho nitro benzene ring substituents is 1. The highest BCUT2D eigenvalue weighted by Crippen LogP contribution is 2.21. The van der Waals surface area contributed by atoms with E-state index in [1.54, 1.807) is 12.1 Å². The van der Waals surface area contributed by atoms with Crippen molar-refractivity contribution in [1.82, 2.24) is 4.98 Å². The predicted octanol–water partition coefficient (Wildman–Crippen LogP) is 2.88. The quantitative estimate of drug-likeness (QED) is 0.685. The summed E-state index contributed by atoms with van der Waals surface area (Å²) in [5, 5.41) is 20.8.